The Labute approximate surface area is 224 Å². The average molecular weight is 513 g/mol. The molecule has 0 fully saturated rings. The molecule has 176 valence electrons. The van der Waals surface area contributed by atoms with Gasteiger partial charge < -0.3 is 9.87 Å². The summed E-state index contributed by atoms with van der Waals surface area (Å²) in [5, 5.41) is 3.21. The van der Waals surface area contributed by atoms with Crippen LogP contribution >= 0.6 is 0 Å². The molecule has 11 heteroatoms. The molecule has 0 saturated heterocycles. The molecule has 1 aliphatic heterocycles. The summed E-state index contributed by atoms with van der Waals surface area (Å²) in [6.07, 6.45) is 8.06. The summed E-state index contributed by atoms with van der Waals surface area (Å²) >= 11 is 0. The van der Waals surface area contributed by atoms with Gasteiger partial charge in [0.25, 0.3) is 0 Å². The van der Waals surface area contributed by atoms with Crippen LogP contribution in [0.1, 0.15) is 25.8 Å². The monoisotopic (exact) mass is 512 g/mol. The molecule has 0 atom stereocenters. The van der Waals surface area contributed by atoms with Gasteiger partial charge in [0, 0.05) is 35.6 Å². The average Bonchev–Trinajstić information content (AvgIpc) is 2.94. The van der Waals surface area contributed by atoms with Crippen LogP contribution < -0.4 is 34.9 Å². The van der Waals surface area contributed by atoms with Crippen LogP contribution in [0.3, 0.4) is 0 Å². The number of para-hydroxylation sites is 1. The summed E-state index contributed by atoms with van der Waals surface area (Å²) in [6, 6.07) is 18.8. The van der Waals surface area contributed by atoms with Crippen molar-refractivity contribution in [2.75, 3.05) is 17.6 Å². The van der Waals surface area contributed by atoms with Crippen LogP contribution in [0.5, 0.6) is 0 Å². The smallest absolute Gasteiger partial charge is 0.748 e. The molecule has 2 aromatic carbocycles. The fraction of sp³-hybridized carbons (Fsp3) is 0.261. The fourth-order valence-corrected chi connectivity index (χ4v) is 4.07. The molecule has 1 heterocycles. The zero-order valence-corrected chi connectivity index (χ0v) is 22.9. The number of anilines is 1. The van der Waals surface area contributed by atoms with Gasteiger partial charge in [0.15, 0.2) is 5.71 Å². The molecule has 0 amide bonds. The third-order valence-corrected chi connectivity index (χ3v) is 5.79. The molecular weight excluding hydrogens is 487 g/mol. The summed E-state index contributed by atoms with van der Waals surface area (Å²) in [7, 11) is -7.33. The second-order valence-electron chi connectivity index (χ2n) is 7.65. The van der Waals surface area contributed by atoms with Crippen molar-refractivity contribution < 1.29 is 59.7 Å². The molecule has 2 aromatic rings. The standard InChI is InChI=1S/C23H25N2O3S.Na.O3S/c1-23(2)20-13-6-7-14-21(20)25(17-10-18-29(26,27)28)22(23)15-8-9-16-24-19-11-4-3-5-12-19;;1-4(2)3/h3-5,7-9,11-16H,10,17-18H2,1-2H3,(H,26,27,28);;/q-1;+1;. The zero-order chi connectivity index (χ0) is 24.5. The predicted molar refractivity (Wildman–Crippen MR) is 125 cm³/mol. The van der Waals surface area contributed by atoms with E-state index >= 15 is 0 Å². The second-order valence-corrected chi connectivity index (χ2v) is 9.59. The zero-order valence-electron chi connectivity index (χ0n) is 19.3. The Morgan fingerprint density at radius 1 is 1.12 bits per heavy atom. The van der Waals surface area contributed by atoms with Crippen molar-refractivity contribution in [1.82, 2.24) is 0 Å². The van der Waals surface area contributed by atoms with E-state index in [1.54, 1.807) is 0 Å². The molecule has 1 aliphatic rings. The molecule has 8 nitrogen and oxygen atoms in total. The summed E-state index contributed by atoms with van der Waals surface area (Å²) in [5.41, 5.74) is 3.98. The Bertz CT molecular complexity index is 1260. The number of allylic oxidation sites excluding steroid dienone is 3. The van der Waals surface area contributed by atoms with Gasteiger partial charge in [0.1, 0.15) is 12.2 Å². The van der Waals surface area contributed by atoms with Crippen molar-refractivity contribution in [3.05, 3.63) is 84.6 Å². The number of benzene rings is 2. The molecule has 0 aliphatic carbocycles. The summed E-state index contributed by atoms with van der Waals surface area (Å²) in [6.45, 7) is 4.73. The normalized spacial score (nSPS) is 14.3. The van der Waals surface area contributed by atoms with Crippen LogP contribution in [-0.4, -0.2) is 48.2 Å². The van der Waals surface area contributed by atoms with E-state index in [1.165, 1.54) is 0 Å². The van der Waals surface area contributed by atoms with Gasteiger partial charge in [-0.1, -0.05) is 43.7 Å². The second kappa shape index (κ2) is 13.7. The van der Waals surface area contributed by atoms with Crippen LogP contribution in [0.2, 0.25) is 0 Å². The minimum absolute atomic E-state index is 0. The van der Waals surface area contributed by atoms with Gasteiger partial charge in [-0.25, -0.2) is 13.0 Å². The van der Waals surface area contributed by atoms with Crippen molar-refractivity contribution >= 4 is 37.8 Å². The van der Waals surface area contributed by atoms with Gasteiger partial charge in [-0.05, 0) is 18.2 Å². The van der Waals surface area contributed by atoms with Gasteiger partial charge in [-0.2, -0.15) is 18.2 Å². The molecule has 1 N–H and O–H groups in total. The maximum atomic E-state index is 11.0. The maximum absolute atomic E-state index is 11.0. The van der Waals surface area contributed by atoms with Crippen molar-refractivity contribution in [1.29, 1.82) is 0 Å². The summed E-state index contributed by atoms with van der Waals surface area (Å²) in [4.78, 5) is 0. The summed E-state index contributed by atoms with van der Waals surface area (Å²) < 4.78 is 60.4. The molecule has 0 spiro atoms. The molecular formula is C23H25N2NaO6S2. The number of fused-ring (bicyclic) bond motifs is 1. The van der Waals surface area contributed by atoms with E-state index in [1.807, 2.05) is 73.0 Å². The van der Waals surface area contributed by atoms with Crippen molar-refractivity contribution in [3.8, 4) is 0 Å². The van der Waals surface area contributed by atoms with Crippen LogP contribution in [0, 0.1) is 6.07 Å². The number of rotatable bonds is 8. The Balaban J connectivity index is 0.00000107. The van der Waals surface area contributed by atoms with Gasteiger partial charge in [-0.15, -0.1) is 18.7 Å². The SMILES string of the molecule is CC1(C)C(/C=C/C=C/Nc2ccccc2)=[N+](CCCS(=O)(=O)[O-])c2cc[c-]cc21.O=S(=O)=O.[Na+]. The molecule has 34 heavy (non-hydrogen) atoms. The van der Waals surface area contributed by atoms with Gasteiger partial charge in [-0.3, -0.25) is 0 Å². The third kappa shape index (κ3) is 9.28. The quantitative estimate of drug-likeness (QED) is 0.173. The van der Waals surface area contributed by atoms with E-state index in [2.05, 4.69) is 29.8 Å². The Morgan fingerprint density at radius 2 is 1.76 bits per heavy atom. The first kappa shape index (κ1) is 30.0. The van der Waals surface area contributed by atoms with E-state index in [9.17, 15) is 13.0 Å². The Kier molecular flexibility index (Phi) is 12.1. The van der Waals surface area contributed by atoms with Crippen LogP contribution in [0.25, 0.3) is 0 Å². The third-order valence-electron chi connectivity index (χ3n) is 5.00. The van der Waals surface area contributed by atoms with Gasteiger partial charge in [0.2, 0.25) is 0 Å². The largest absolute Gasteiger partial charge is 1.00 e. The number of hydrogen-bond acceptors (Lipinski definition) is 7. The predicted octanol–water partition coefficient (Wildman–Crippen LogP) is -0.0198. The first-order chi connectivity index (χ1) is 15.5. The van der Waals surface area contributed by atoms with Crippen molar-refractivity contribution in [3.63, 3.8) is 0 Å². The minimum atomic E-state index is -4.22. The Morgan fingerprint density at radius 3 is 2.38 bits per heavy atom. The van der Waals surface area contributed by atoms with Crippen LogP contribution in [0.4, 0.5) is 11.4 Å². The summed E-state index contributed by atoms with van der Waals surface area (Å²) in [5.74, 6) is -0.365. The Hall–Kier alpha value is -2.08. The molecule has 0 bridgehead atoms. The van der Waals surface area contributed by atoms with E-state index in [-0.39, 0.29) is 47.1 Å². The molecule has 0 unspecified atom stereocenters. The van der Waals surface area contributed by atoms with E-state index < -0.39 is 20.7 Å². The first-order valence-corrected chi connectivity index (χ1v) is 12.6. The number of nitrogens with zero attached hydrogens (tertiary/aromatic N) is 1. The molecule has 0 saturated carbocycles. The molecule has 0 aromatic heterocycles. The minimum Gasteiger partial charge on any atom is -0.748 e. The number of nitrogens with one attached hydrogen (secondary N) is 1. The van der Waals surface area contributed by atoms with E-state index in [0.717, 1.165) is 22.6 Å². The maximum Gasteiger partial charge on any atom is 1.00 e. The molecule has 3 rings (SSSR count). The van der Waals surface area contributed by atoms with Crippen molar-refractivity contribution in [2.45, 2.75) is 25.7 Å². The molecule has 0 radical (unpaired) electrons. The fourth-order valence-electron chi connectivity index (χ4n) is 3.58. The van der Waals surface area contributed by atoms with Crippen molar-refractivity contribution in [2.24, 2.45) is 0 Å². The van der Waals surface area contributed by atoms with Gasteiger partial charge in [0.05, 0.1) is 10.1 Å². The first-order valence-electron chi connectivity index (χ1n) is 10.0. The van der Waals surface area contributed by atoms with Gasteiger partial charge >= 0.3 is 40.2 Å². The topological polar surface area (TPSA) is 123 Å². The van der Waals surface area contributed by atoms with E-state index in [4.69, 9.17) is 12.6 Å². The van der Waals surface area contributed by atoms with Crippen LogP contribution in [0.15, 0.2) is 73.0 Å². The van der Waals surface area contributed by atoms with Crippen LogP contribution in [-0.2, 0) is 26.1 Å². The number of hydrogen-bond donors (Lipinski definition) is 1. The van der Waals surface area contributed by atoms with E-state index in [0.29, 0.717) is 6.54 Å².